The Morgan fingerprint density at radius 2 is 2.56 bits per heavy atom. The van der Waals surface area contributed by atoms with E-state index in [2.05, 4.69) is 38.2 Å². The van der Waals surface area contributed by atoms with Gasteiger partial charge < -0.3 is 0 Å². The fourth-order valence-electron chi connectivity index (χ4n) is 1.04. The summed E-state index contributed by atoms with van der Waals surface area (Å²) < 4.78 is 2.76. The molecule has 0 saturated carbocycles. The van der Waals surface area contributed by atoms with Crippen molar-refractivity contribution in [1.29, 1.82) is 0 Å². The highest BCUT2D eigenvalue weighted by atomic mass is 79.9. The van der Waals surface area contributed by atoms with E-state index in [1.165, 1.54) is 0 Å². The molecule has 4 nitrogen and oxygen atoms in total. The highest BCUT2D eigenvalue weighted by Crippen LogP contribution is 2.18. The average Bonchev–Trinajstić information content (AvgIpc) is 2.85. The summed E-state index contributed by atoms with van der Waals surface area (Å²) in [5.41, 5.74) is 0. The van der Waals surface area contributed by atoms with Crippen LogP contribution in [-0.4, -0.2) is 26.8 Å². The van der Waals surface area contributed by atoms with E-state index in [9.17, 15) is 0 Å². The summed E-state index contributed by atoms with van der Waals surface area (Å²) in [6, 6.07) is 2.02. The summed E-state index contributed by atoms with van der Waals surface area (Å²) in [6.45, 7) is 2.07. The van der Waals surface area contributed by atoms with Crippen molar-refractivity contribution in [2.24, 2.45) is 5.10 Å². The largest absolute Gasteiger partial charge is 0.211 e. The highest BCUT2D eigenvalue weighted by Gasteiger charge is 2.01. The first kappa shape index (κ1) is 11.8. The molecule has 0 aliphatic rings. The number of halogens is 1. The van der Waals surface area contributed by atoms with Crippen molar-refractivity contribution in [3.63, 3.8) is 0 Å². The maximum absolute atomic E-state index is 4.30. The summed E-state index contributed by atoms with van der Waals surface area (Å²) in [4.78, 5) is 1.09. The lowest BCUT2D eigenvalue weighted by molar-refractivity contribution is 0.767. The standard InChI is InChI=1S/C9H9BrN4S2/c1-2-15-9-13-11-6-14(9)12-4-8-3-7(10)5-16-8/h3-6H,2H2,1H3. The molecule has 2 aromatic rings. The van der Waals surface area contributed by atoms with E-state index in [1.807, 2.05) is 11.4 Å². The smallest absolute Gasteiger partial charge is 0.195 e. The summed E-state index contributed by atoms with van der Waals surface area (Å²) in [5, 5.41) is 15.0. The van der Waals surface area contributed by atoms with Gasteiger partial charge in [-0.15, -0.1) is 21.5 Å². The van der Waals surface area contributed by atoms with Gasteiger partial charge in [-0.25, -0.2) is 0 Å². The SMILES string of the molecule is CCSc1nncn1N=Cc1cc(Br)cs1. The zero-order valence-corrected chi connectivity index (χ0v) is 11.7. The normalized spacial score (nSPS) is 11.4. The number of thiophene rings is 1. The van der Waals surface area contributed by atoms with Gasteiger partial charge in [-0.05, 0) is 27.7 Å². The van der Waals surface area contributed by atoms with Crippen LogP contribution >= 0.6 is 39.0 Å². The van der Waals surface area contributed by atoms with Crippen molar-refractivity contribution < 1.29 is 0 Å². The van der Waals surface area contributed by atoms with E-state index in [-0.39, 0.29) is 0 Å². The van der Waals surface area contributed by atoms with Gasteiger partial charge in [0.05, 0.1) is 6.21 Å². The molecule has 7 heteroatoms. The van der Waals surface area contributed by atoms with Crippen LogP contribution in [0.5, 0.6) is 0 Å². The maximum Gasteiger partial charge on any atom is 0.211 e. The van der Waals surface area contributed by atoms with Gasteiger partial charge in [0.1, 0.15) is 6.33 Å². The Morgan fingerprint density at radius 1 is 1.69 bits per heavy atom. The van der Waals surface area contributed by atoms with Gasteiger partial charge >= 0.3 is 0 Å². The number of nitrogens with zero attached hydrogens (tertiary/aromatic N) is 4. The molecule has 84 valence electrons. The molecule has 0 aromatic carbocycles. The second kappa shape index (κ2) is 5.60. The van der Waals surface area contributed by atoms with Crippen LogP contribution in [0.1, 0.15) is 11.8 Å². The molecule has 0 amide bonds. The molecule has 0 atom stereocenters. The van der Waals surface area contributed by atoms with Crippen LogP contribution < -0.4 is 0 Å². The van der Waals surface area contributed by atoms with Crippen molar-refractivity contribution >= 4 is 45.2 Å². The third-order valence-electron chi connectivity index (χ3n) is 1.67. The van der Waals surface area contributed by atoms with Gasteiger partial charge in [0, 0.05) is 14.7 Å². The van der Waals surface area contributed by atoms with Gasteiger partial charge in [0.25, 0.3) is 0 Å². The van der Waals surface area contributed by atoms with Gasteiger partial charge in [0.15, 0.2) is 0 Å². The zero-order valence-electron chi connectivity index (χ0n) is 8.50. The Balaban J connectivity index is 2.13. The molecular formula is C9H9BrN4S2. The van der Waals surface area contributed by atoms with E-state index < -0.39 is 0 Å². The van der Waals surface area contributed by atoms with Crippen molar-refractivity contribution in [1.82, 2.24) is 14.9 Å². The van der Waals surface area contributed by atoms with Gasteiger partial charge in [-0.1, -0.05) is 18.7 Å². The monoisotopic (exact) mass is 316 g/mol. The number of hydrogen-bond donors (Lipinski definition) is 0. The van der Waals surface area contributed by atoms with E-state index in [1.54, 1.807) is 40.3 Å². The summed E-state index contributed by atoms with van der Waals surface area (Å²) in [7, 11) is 0. The lowest BCUT2D eigenvalue weighted by Gasteiger charge is -1.95. The second-order valence-corrected chi connectivity index (χ2v) is 5.89. The second-order valence-electron chi connectivity index (χ2n) is 2.80. The van der Waals surface area contributed by atoms with Crippen LogP contribution in [0, 0.1) is 0 Å². The maximum atomic E-state index is 4.30. The quantitative estimate of drug-likeness (QED) is 0.643. The molecule has 0 radical (unpaired) electrons. The van der Waals surface area contributed by atoms with E-state index >= 15 is 0 Å². The van der Waals surface area contributed by atoms with Crippen molar-refractivity contribution in [3.05, 3.63) is 27.1 Å². The number of hydrogen-bond acceptors (Lipinski definition) is 5. The van der Waals surface area contributed by atoms with Crippen LogP contribution in [0.2, 0.25) is 0 Å². The molecular weight excluding hydrogens is 308 g/mol. The Labute approximate surface area is 110 Å². The van der Waals surface area contributed by atoms with E-state index in [4.69, 9.17) is 0 Å². The fraction of sp³-hybridized carbons (Fsp3) is 0.222. The summed E-state index contributed by atoms with van der Waals surface area (Å²) in [5.74, 6) is 0.957. The lowest BCUT2D eigenvalue weighted by Crippen LogP contribution is -1.91. The molecule has 0 saturated heterocycles. The molecule has 16 heavy (non-hydrogen) atoms. The van der Waals surface area contributed by atoms with Gasteiger partial charge in [-0.3, -0.25) is 0 Å². The third kappa shape index (κ3) is 2.93. The summed E-state index contributed by atoms with van der Waals surface area (Å²) in [6.07, 6.45) is 3.41. The minimum atomic E-state index is 0.814. The van der Waals surface area contributed by atoms with Crippen molar-refractivity contribution in [3.8, 4) is 0 Å². The first-order chi connectivity index (χ1) is 7.79. The molecule has 2 heterocycles. The molecule has 0 fully saturated rings. The average molecular weight is 317 g/mol. The van der Waals surface area contributed by atoms with Crippen molar-refractivity contribution in [2.75, 3.05) is 5.75 Å². The zero-order chi connectivity index (χ0) is 11.4. The van der Waals surface area contributed by atoms with Crippen LogP contribution in [0.3, 0.4) is 0 Å². The lowest BCUT2D eigenvalue weighted by atomic mass is 10.5. The molecule has 2 aromatic heterocycles. The Morgan fingerprint density at radius 3 is 3.25 bits per heavy atom. The molecule has 0 unspecified atom stereocenters. The van der Waals surface area contributed by atoms with Crippen LogP contribution in [0.4, 0.5) is 0 Å². The molecule has 0 aliphatic carbocycles. The molecule has 0 N–H and O–H groups in total. The number of thioether (sulfide) groups is 1. The minimum Gasteiger partial charge on any atom is -0.195 e. The fourth-order valence-corrected chi connectivity index (χ4v) is 2.93. The highest BCUT2D eigenvalue weighted by molar-refractivity contribution is 9.10. The Hall–Kier alpha value is -0.660. The molecule has 2 rings (SSSR count). The summed E-state index contributed by atoms with van der Waals surface area (Å²) >= 11 is 6.66. The molecule has 0 aliphatic heterocycles. The van der Waals surface area contributed by atoms with Crippen LogP contribution in [0.15, 0.2) is 32.5 Å². The van der Waals surface area contributed by atoms with E-state index in [0.717, 1.165) is 20.3 Å². The minimum absolute atomic E-state index is 0.814. The van der Waals surface area contributed by atoms with Crippen LogP contribution in [0.25, 0.3) is 0 Å². The predicted molar refractivity (Wildman–Crippen MR) is 71.4 cm³/mol. The first-order valence-electron chi connectivity index (χ1n) is 4.61. The van der Waals surface area contributed by atoms with Gasteiger partial charge in [0.2, 0.25) is 5.16 Å². The Bertz CT molecular complexity index is 491. The van der Waals surface area contributed by atoms with Crippen molar-refractivity contribution in [2.45, 2.75) is 12.1 Å². The predicted octanol–water partition coefficient (Wildman–Crippen LogP) is 3.10. The molecule has 0 spiro atoms. The first-order valence-corrected chi connectivity index (χ1v) is 7.26. The number of rotatable bonds is 4. The molecule has 0 bridgehead atoms. The van der Waals surface area contributed by atoms with E-state index in [0.29, 0.717) is 0 Å². The van der Waals surface area contributed by atoms with Gasteiger partial charge in [-0.2, -0.15) is 9.78 Å². The third-order valence-corrected chi connectivity index (χ3v) is 4.11. The topological polar surface area (TPSA) is 43.1 Å². The van der Waals surface area contributed by atoms with Crippen LogP contribution in [-0.2, 0) is 0 Å². The Kier molecular flexibility index (Phi) is 4.14. The number of aromatic nitrogens is 3.